The van der Waals surface area contributed by atoms with Crippen LogP contribution in [0.2, 0.25) is 0 Å². The Balaban J connectivity index is 1.16. The fourth-order valence-electron chi connectivity index (χ4n) is 8.94. The summed E-state index contributed by atoms with van der Waals surface area (Å²) >= 11 is 0. The average Bonchev–Trinajstić information content (AvgIpc) is 3.83. The van der Waals surface area contributed by atoms with E-state index >= 15 is 0 Å². The topological polar surface area (TPSA) is 26.3 Å². The van der Waals surface area contributed by atoms with Crippen molar-refractivity contribution in [2.24, 2.45) is 0 Å². The van der Waals surface area contributed by atoms with Crippen molar-refractivity contribution in [1.29, 1.82) is 0 Å². The van der Waals surface area contributed by atoms with Crippen LogP contribution in [-0.4, -0.2) is 0 Å². The lowest BCUT2D eigenvalue weighted by Crippen LogP contribution is -2.14. The molecule has 11 rings (SSSR count). The van der Waals surface area contributed by atoms with Gasteiger partial charge < -0.3 is 8.83 Å². The zero-order valence-corrected chi connectivity index (χ0v) is 28.3. The molecular weight excluding hydrogens is 621 g/mol. The van der Waals surface area contributed by atoms with E-state index in [1.54, 1.807) is 0 Å². The molecule has 0 N–H and O–H groups in total. The maximum absolute atomic E-state index is 6.71. The molecule has 0 bridgehead atoms. The third-order valence-electron chi connectivity index (χ3n) is 11.3. The Bertz CT molecular complexity index is 2990. The van der Waals surface area contributed by atoms with Gasteiger partial charge in [-0.25, -0.2) is 0 Å². The molecule has 1 aliphatic rings. The first-order chi connectivity index (χ1) is 25.1. The lowest BCUT2D eigenvalue weighted by molar-refractivity contribution is 0.617. The van der Waals surface area contributed by atoms with E-state index in [1.807, 2.05) is 18.4 Å². The van der Waals surface area contributed by atoms with E-state index in [-0.39, 0.29) is 5.41 Å². The summed E-state index contributed by atoms with van der Waals surface area (Å²) in [5.41, 5.74) is 14.9. The minimum atomic E-state index is -0.172. The van der Waals surface area contributed by atoms with Crippen LogP contribution in [0, 0.1) is 0 Å². The normalized spacial score (nSPS) is 13.5. The number of hydrogen-bond donors (Lipinski definition) is 0. The summed E-state index contributed by atoms with van der Waals surface area (Å²) in [4.78, 5) is 0. The van der Waals surface area contributed by atoms with Crippen LogP contribution in [0.3, 0.4) is 0 Å². The second-order valence-electron chi connectivity index (χ2n) is 14.4. The molecular formula is C49H32O2. The first-order valence-electron chi connectivity index (χ1n) is 17.7. The van der Waals surface area contributed by atoms with Crippen molar-refractivity contribution in [2.45, 2.75) is 19.3 Å². The number of hydrogen-bond acceptors (Lipinski definition) is 2. The smallest absolute Gasteiger partial charge is 0.143 e. The fraction of sp³-hybridized carbons (Fsp3) is 0.0612. The minimum Gasteiger partial charge on any atom is -0.464 e. The van der Waals surface area contributed by atoms with Crippen molar-refractivity contribution in [2.75, 3.05) is 0 Å². The van der Waals surface area contributed by atoms with Gasteiger partial charge in [0.05, 0.1) is 6.26 Å². The van der Waals surface area contributed by atoms with Gasteiger partial charge in [0, 0.05) is 38.3 Å². The Labute approximate surface area is 295 Å². The molecule has 0 aliphatic heterocycles. The summed E-state index contributed by atoms with van der Waals surface area (Å²) in [6, 6.07) is 54.9. The van der Waals surface area contributed by atoms with E-state index in [0.717, 1.165) is 49.6 Å². The SMILES string of the molecule is CC1(C)c2ccc(-c3c4ccccc4c(-c4coc5ccccc45)c4ccccc34)cc2-c2cc3c(cc21)oc1c(-c2ccccc2)cccc13. The highest BCUT2D eigenvalue weighted by Crippen LogP contribution is 2.53. The Hall–Kier alpha value is -6.38. The van der Waals surface area contributed by atoms with Crippen molar-refractivity contribution in [3.05, 3.63) is 169 Å². The quantitative estimate of drug-likeness (QED) is 0.178. The predicted octanol–water partition coefficient (Wildman–Crippen LogP) is 13.9. The molecule has 2 aromatic heterocycles. The summed E-state index contributed by atoms with van der Waals surface area (Å²) in [6.45, 7) is 4.69. The van der Waals surface area contributed by atoms with Crippen LogP contribution in [0.4, 0.5) is 0 Å². The van der Waals surface area contributed by atoms with E-state index in [4.69, 9.17) is 8.83 Å². The molecule has 2 heteroatoms. The van der Waals surface area contributed by atoms with E-state index in [0.29, 0.717) is 0 Å². The molecule has 0 saturated heterocycles. The monoisotopic (exact) mass is 652 g/mol. The molecule has 0 amide bonds. The van der Waals surface area contributed by atoms with Crippen molar-refractivity contribution in [3.63, 3.8) is 0 Å². The van der Waals surface area contributed by atoms with E-state index in [9.17, 15) is 0 Å². The molecule has 2 nitrogen and oxygen atoms in total. The standard InChI is InChI=1S/C49H32O2/c1-49(2)42-24-23-30(25-38(42)39-26-40-37-21-12-20-31(29-13-4-3-5-14-29)48(37)51-45(40)27-43(39)49)46-33-16-6-8-18-35(33)47(36-19-9-7-17-34(36)46)41-28-50-44-22-11-10-15-32(41)44/h3-28H,1-2H3. The molecule has 1 aliphatic carbocycles. The molecule has 0 fully saturated rings. The molecule has 0 atom stereocenters. The van der Waals surface area contributed by atoms with Crippen molar-refractivity contribution >= 4 is 54.5 Å². The van der Waals surface area contributed by atoms with E-state index in [2.05, 4.69) is 153 Å². The van der Waals surface area contributed by atoms with Gasteiger partial charge in [0.2, 0.25) is 0 Å². The van der Waals surface area contributed by atoms with Gasteiger partial charge in [0.25, 0.3) is 0 Å². The molecule has 2 heterocycles. The van der Waals surface area contributed by atoms with Crippen LogP contribution in [0.25, 0.3) is 99.0 Å². The second kappa shape index (κ2) is 10.3. The number of fused-ring (bicyclic) bond motifs is 9. The zero-order chi connectivity index (χ0) is 33.8. The first-order valence-corrected chi connectivity index (χ1v) is 17.7. The zero-order valence-electron chi connectivity index (χ0n) is 28.3. The molecule has 0 radical (unpaired) electrons. The Morgan fingerprint density at radius 1 is 0.392 bits per heavy atom. The summed E-state index contributed by atoms with van der Waals surface area (Å²) in [6.07, 6.45) is 1.93. The molecule has 0 spiro atoms. The van der Waals surface area contributed by atoms with Gasteiger partial charge >= 0.3 is 0 Å². The highest BCUT2D eigenvalue weighted by molar-refractivity contribution is 6.23. The highest BCUT2D eigenvalue weighted by atomic mass is 16.3. The molecule has 0 unspecified atom stereocenters. The van der Waals surface area contributed by atoms with E-state index in [1.165, 1.54) is 60.5 Å². The molecule has 0 saturated carbocycles. The molecule has 51 heavy (non-hydrogen) atoms. The van der Waals surface area contributed by atoms with Gasteiger partial charge in [-0.2, -0.15) is 0 Å². The lowest BCUT2D eigenvalue weighted by Gasteiger charge is -2.22. The van der Waals surface area contributed by atoms with Gasteiger partial charge in [0.15, 0.2) is 0 Å². The van der Waals surface area contributed by atoms with Gasteiger partial charge in [-0.15, -0.1) is 0 Å². The lowest BCUT2D eigenvalue weighted by atomic mass is 9.81. The van der Waals surface area contributed by atoms with Crippen LogP contribution >= 0.6 is 0 Å². The van der Waals surface area contributed by atoms with Crippen LogP contribution < -0.4 is 0 Å². The van der Waals surface area contributed by atoms with Crippen LogP contribution in [0.15, 0.2) is 167 Å². The largest absolute Gasteiger partial charge is 0.464 e. The fourth-order valence-corrected chi connectivity index (χ4v) is 8.94. The van der Waals surface area contributed by atoms with Gasteiger partial charge in [-0.1, -0.05) is 141 Å². The molecule has 8 aromatic carbocycles. The van der Waals surface area contributed by atoms with Crippen molar-refractivity contribution < 1.29 is 8.83 Å². The van der Waals surface area contributed by atoms with Gasteiger partial charge in [-0.3, -0.25) is 0 Å². The Kier molecular flexibility index (Phi) is 5.76. The molecule has 240 valence electrons. The Morgan fingerprint density at radius 2 is 1.02 bits per heavy atom. The van der Waals surface area contributed by atoms with E-state index < -0.39 is 0 Å². The third kappa shape index (κ3) is 3.93. The minimum absolute atomic E-state index is 0.172. The maximum Gasteiger partial charge on any atom is 0.143 e. The summed E-state index contributed by atoms with van der Waals surface area (Å²) in [5.74, 6) is 0. The number of para-hydroxylation sites is 2. The second-order valence-corrected chi connectivity index (χ2v) is 14.4. The van der Waals surface area contributed by atoms with Crippen molar-refractivity contribution in [1.82, 2.24) is 0 Å². The molecule has 10 aromatic rings. The van der Waals surface area contributed by atoms with Crippen LogP contribution in [-0.2, 0) is 5.41 Å². The number of benzene rings is 8. The van der Waals surface area contributed by atoms with Crippen LogP contribution in [0.5, 0.6) is 0 Å². The average molecular weight is 653 g/mol. The summed E-state index contributed by atoms with van der Waals surface area (Å²) in [5, 5.41) is 8.35. The third-order valence-corrected chi connectivity index (χ3v) is 11.3. The summed E-state index contributed by atoms with van der Waals surface area (Å²) in [7, 11) is 0. The first kappa shape index (κ1) is 28.5. The number of rotatable bonds is 3. The van der Waals surface area contributed by atoms with Crippen LogP contribution in [0.1, 0.15) is 25.0 Å². The Morgan fingerprint density at radius 3 is 1.76 bits per heavy atom. The number of furan rings is 2. The van der Waals surface area contributed by atoms with Gasteiger partial charge in [0.1, 0.15) is 16.7 Å². The maximum atomic E-state index is 6.71. The highest BCUT2D eigenvalue weighted by Gasteiger charge is 2.37. The van der Waals surface area contributed by atoms with Gasteiger partial charge in [-0.05, 0) is 84.8 Å². The van der Waals surface area contributed by atoms with Crippen molar-refractivity contribution in [3.8, 4) is 44.5 Å². The predicted molar refractivity (Wildman–Crippen MR) is 212 cm³/mol. The summed E-state index contributed by atoms with van der Waals surface area (Å²) < 4.78 is 12.8.